The molecule has 2 fully saturated rings. The van der Waals surface area contributed by atoms with Crippen LogP contribution in [0.4, 0.5) is 5.69 Å². The lowest BCUT2D eigenvalue weighted by Gasteiger charge is -2.37. The number of phenols is 1. The van der Waals surface area contributed by atoms with Gasteiger partial charge in [0.05, 0.1) is 0 Å². The third kappa shape index (κ3) is 7.78. The molecule has 1 saturated heterocycles. The van der Waals surface area contributed by atoms with E-state index in [4.69, 9.17) is 0 Å². The molecule has 1 unspecified atom stereocenters. The van der Waals surface area contributed by atoms with Crippen LogP contribution in [-0.4, -0.2) is 56.1 Å². The number of hydrogen-bond acceptors (Lipinski definition) is 5. The van der Waals surface area contributed by atoms with Crippen LogP contribution in [-0.2, 0) is 27.9 Å². The van der Waals surface area contributed by atoms with Gasteiger partial charge in [0.25, 0.3) is 0 Å². The largest absolute Gasteiger partial charge is 0.507 e. The van der Waals surface area contributed by atoms with E-state index in [0.29, 0.717) is 48.7 Å². The van der Waals surface area contributed by atoms with Gasteiger partial charge in [-0.15, -0.1) is 0 Å². The van der Waals surface area contributed by atoms with Crippen LogP contribution in [0.15, 0.2) is 79.0 Å². The van der Waals surface area contributed by atoms with Crippen LogP contribution in [0.3, 0.4) is 0 Å². The number of nitrogens with one attached hydrogen (secondary N) is 2. The van der Waals surface area contributed by atoms with Crippen molar-refractivity contribution in [2.24, 2.45) is 13.0 Å². The second-order valence-electron chi connectivity index (χ2n) is 13.4. The molecule has 2 heterocycles. The standard InChI is InChI=1S/C39H45N5O4/c1-26-15-20-35(45)31(22-26)37-32(25-43(2)42-37)29-16-18-30(19-17-29)40-38(47)34-14-8-9-21-44(34)39(48)33(23-27-10-4-3-5-11-27)41-36(46)24-28-12-6-7-13-28/h3-5,10-11,15-20,22,25,28,33-34,45H,6-9,12-14,21,23-24H2,1-2H3,(H,40,47)(H,41,46)/t33-,34?/m0/s1. The van der Waals surface area contributed by atoms with Crippen molar-refractivity contribution in [3.8, 4) is 28.1 Å². The molecular weight excluding hydrogens is 602 g/mol. The molecule has 1 aliphatic heterocycles. The zero-order chi connectivity index (χ0) is 33.6. The lowest BCUT2D eigenvalue weighted by Crippen LogP contribution is -2.57. The van der Waals surface area contributed by atoms with Crippen molar-refractivity contribution in [3.63, 3.8) is 0 Å². The number of aromatic nitrogens is 2. The maximum absolute atomic E-state index is 14.1. The molecule has 9 nitrogen and oxygen atoms in total. The van der Waals surface area contributed by atoms with Crippen LogP contribution in [0.5, 0.6) is 5.75 Å². The SMILES string of the molecule is Cc1ccc(O)c(-c2nn(C)cc2-c2ccc(NC(=O)C3CCCCN3C(=O)[C@H](Cc3ccccc3)NC(=O)CC3CCCC3)cc2)c1. The van der Waals surface area contributed by atoms with Crippen molar-refractivity contribution in [1.82, 2.24) is 20.0 Å². The Morgan fingerprint density at radius 3 is 2.40 bits per heavy atom. The average Bonchev–Trinajstić information content (AvgIpc) is 3.75. The zero-order valence-corrected chi connectivity index (χ0v) is 27.8. The van der Waals surface area contributed by atoms with E-state index >= 15 is 0 Å². The number of anilines is 1. The first kappa shape index (κ1) is 33.0. The van der Waals surface area contributed by atoms with Crippen LogP contribution in [0.25, 0.3) is 22.4 Å². The second-order valence-corrected chi connectivity index (χ2v) is 13.4. The summed E-state index contributed by atoms with van der Waals surface area (Å²) in [5.74, 6) is -0.00787. The van der Waals surface area contributed by atoms with Gasteiger partial charge < -0.3 is 20.6 Å². The van der Waals surface area contributed by atoms with Crippen LogP contribution in [0, 0.1) is 12.8 Å². The van der Waals surface area contributed by atoms with Gasteiger partial charge in [0.1, 0.15) is 23.5 Å². The van der Waals surface area contributed by atoms with E-state index in [-0.39, 0.29) is 23.5 Å². The topological polar surface area (TPSA) is 117 Å². The number of aromatic hydroxyl groups is 1. The molecule has 2 aliphatic rings. The third-order valence-corrected chi connectivity index (χ3v) is 9.65. The zero-order valence-electron chi connectivity index (χ0n) is 27.8. The first-order valence-electron chi connectivity index (χ1n) is 17.1. The number of amides is 3. The summed E-state index contributed by atoms with van der Waals surface area (Å²) in [5, 5.41) is 21.3. The highest BCUT2D eigenvalue weighted by Crippen LogP contribution is 2.36. The van der Waals surface area contributed by atoms with Crippen molar-refractivity contribution in [2.45, 2.75) is 76.8 Å². The molecule has 6 rings (SSSR count). The summed E-state index contributed by atoms with van der Waals surface area (Å²) < 4.78 is 1.72. The highest BCUT2D eigenvalue weighted by Gasteiger charge is 2.36. The van der Waals surface area contributed by atoms with Gasteiger partial charge in [0.2, 0.25) is 17.7 Å². The van der Waals surface area contributed by atoms with E-state index in [2.05, 4.69) is 15.7 Å². The molecule has 4 aromatic rings. The van der Waals surface area contributed by atoms with Gasteiger partial charge in [0.15, 0.2) is 0 Å². The number of carbonyl (C=O) groups is 3. The second kappa shape index (κ2) is 14.9. The van der Waals surface area contributed by atoms with E-state index in [1.807, 2.05) is 86.9 Å². The van der Waals surface area contributed by atoms with Crippen molar-refractivity contribution in [3.05, 3.63) is 90.1 Å². The molecule has 1 aromatic heterocycles. The predicted molar refractivity (Wildman–Crippen MR) is 187 cm³/mol. The van der Waals surface area contributed by atoms with Crippen LogP contribution in [0.1, 0.15) is 62.5 Å². The van der Waals surface area contributed by atoms with Crippen LogP contribution >= 0.6 is 0 Å². The van der Waals surface area contributed by atoms with E-state index in [1.165, 1.54) is 0 Å². The lowest BCUT2D eigenvalue weighted by molar-refractivity contribution is -0.143. The van der Waals surface area contributed by atoms with E-state index in [0.717, 1.165) is 60.8 Å². The van der Waals surface area contributed by atoms with Crippen LogP contribution < -0.4 is 10.6 Å². The fourth-order valence-corrected chi connectivity index (χ4v) is 7.14. The molecule has 1 aliphatic carbocycles. The van der Waals surface area contributed by atoms with E-state index in [1.54, 1.807) is 15.6 Å². The molecule has 3 aromatic carbocycles. The Hall–Kier alpha value is -4.92. The number of hydrogen-bond donors (Lipinski definition) is 3. The van der Waals surface area contributed by atoms with Crippen molar-refractivity contribution < 1.29 is 19.5 Å². The van der Waals surface area contributed by atoms with Gasteiger partial charge in [-0.05, 0) is 80.3 Å². The Balaban J connectivity index is 1.17. The number of phenolic OH excluding ortho intramolecular Hbond substituents is 1. The third-order valence-electron chi connectivity index (χ3n) is 9.65. The highest BCUT2D eigenvalue weighted by molar-refractivity contribution is 5.99. The fourth-order valence-electron chi connectivity index (χ4n) is 7.14. The van der Waals surface area contributed by atoms with Gasteiger partial charge in [-0.25, -0.2) is 0 Å². The Kier molecular flexibility index (Phi) is 10.2. The summed E-state index contributed by atoms with van der Waals surface area (Å²) in [7, 11) is 1.84. The molecule has 0 bridgehead atoms. The highest BCUT2D eigenvalue weighted by atomic mass is 16.3. The predicted octanol–water partition coefficient (Wildman–Crippen LogP) is 6.40. The number of aryl methyl sites for hydroxylation is 2. The molecule has 0 spiro atoms. The minimum atomic E-state index is -0.740. The minimum absolute atomic E-state index is 0.0938. The van der Waals surface area contributed by atoms with Crippen molar-refractivity contribution >= 4 is 23.4 Å². The number of likely N-dealkylation sites (tertiary alicyclic amines) is 1. The Morgan fingerprint density at radius 1 is 0.917 bits per heavy atom. The summed E-state index contributed by atoms with van der Waals surface area (Å²) in [6.07, 6.45) is 9.34. The molecule has 48 heavy (non-hydrogen) atoms. The molecule has 9 heteroatoms. The molecule has 0 radical (unpaired) electrons. The first-order valence-corrected chi connectivity index (χ1v) is 17.1. The monoisotopic (exact) mass is 647 g/mol. The average molecular weight is 648 g/mol. The van der Waals surface area contributed by atoms with Gasteiger partial charge in [-0.2, -0.15) is 5.10 Å². The number of piperidine rings is 1. The van der Waals surface area contributed by atoms with E-state index < -0.39 is 12.1 Å². The normalized spacial score (nSPS) is 17.2. The van der Waals surface area contributed by atoms with E-state index in [9.17, 15) is 19.5 Å². The van der Waals surface area contributed by atoms with Gasteiger partial charge >= 0.3 is 0 Å². The minimum Gasteiger partial charge on any atom is -0.507 e. The summed E-state index contributed by atoms with van der Waals surface area (Å²) in [6.45, 7) is 2.44. The molecule has 1 saturated carbocycles. The number of rotatable bonds is 10. The number of nitrogens with zero attached hydrogens (tertiary/aromatic N) is 3. The first-order chi connectivity index (χ1) is 23.2. The summed E-state index contributed by atoms with van der Waals surface area (Å²) in [4.78, 5) is 42.7. The fraction of sp³-hybridized carbons (Fsp3) is 0.385. The van der Waals surface area contributed by atoms with Crippen molar-refractivity contribution in [1.29, 1.82) is 0 Å². The summed E-state index contributed by atoms with van der Waals surface area (Å²) >= 11 is 0. The number of carbonyl (C=O) groups excluding carboxylic acids is 3. The van der Waals surface area contributed by atoms with Crippen molar-refractivity contribution in [2.75, 3.05) is 11.9 Å². The summed E-state index contributed by atoms with van der Waals surface area (Å²) in [6, 6.07) is 21.3. The maximum atomic E-state index is 14.1. The van der Waals surface area contributed by atoms with Crippen LogP contribution in [0.2, 0.25) is 0 Å². The molecule has 3 N–H and O–H groups in total. The lowest BCUT2D eigenvalue weighted by atomic mass is 9.97. The molecule has 3 amide bonds. The quantitative estimate of drug-likeness (QED) is 0.184. The number of benzene rings is 3. The maximum Gasteiger partial charge on any atom is 0.247 e. The Morgan fingerprint density at radius 2 is 1.65 bits per heavy atom. The molecule has 2 atom stereocenters. The molecular formula is C39H45N5O4. The Labute approximate surface area is 282 Å². The van der Waals surface area contributed by atoms with Gasteiger partial charge in [0, 0.05) is 49.4 Å². The van der Waals surface area contributed by atoms with Gasteiger partial charge in [-0.1, -0.05) is 66.9 Å². The van der Waals surface area contributed by atoms with Gasteiger partial charge in [-0.3, -0.25) is 19.1 Å². The smallest absolute Gasteiger partial charge is 0.247 e. The molecule has 250 valence electrons. The Bertz CT molecular complexity index is 1740. The summed E-state index contributed by atoms with van der Waals surface area (Å²) in [5.41, 5.74) is 5.69.